The second kappa shape index (κ2) is 10.1. The molecule has 0 spiro atoms. The molecule has 2 atom stereocenters. The Labute approximate surface area is 203 Å². The predicted molar refractivity (Wildman–Crippen MR) is 127 cm³/mol. The van der Waals surface area contributed by atoms with Gasteiger partial charge < -0.3 is 29.9 Å². The van der Waals surface area contributed by atoms with E-state index in [1.807, 2.05) is 48.5 Å². The van der Waals surface area contributed by atoms with Gasteiger partial charge in [0.25, 0.3) is 0 Å². The van der Waals surface area contributed by atoms with Crippen LogP contribution in [0.25, 0.3) is 11.1 Å². The summed E-state index contributed by atoms with van der Waals surface area (Å²) in [5.41, 5.74) is 2.55. The third-order valence-electron chi connectivity index (χ3n) is 7.02. The first-order chi connectivity index (χ1) is 16.7. The van der Waals surface area contributed by atoms with Gasteiger partial charge in [-0.05, 0) is 29.2 Å². The van der Waals surface area contributed by atoms with Gasteiger partial charge in [-0.3, -0.25) is 4.79 Å². The number of ether oxygens (including phenoxy) is 2. The second-order valence-electron chi connectivity index (χ2n) is 9.05. The number of aliphatic hydroxyl groups is 1. The highest BCUT2D eigenvalue weighted by Crippen LogP contribution is 2.44. The van der Waals surface area contributed by atoms with Crippen molar-refractivity contribution in [2.24, 2.45) is 0 Å². The zero-order valence-electron chi connectivity index (χ0n) is 19.8. The molecule has 4 rings (SSSR count). The second-order valence-corrected chi connectivity index (χ2v) is 9.05. The van der Waals surface area contributed by atoms with Gasteiger partial charge in [-0.1, -0.05) is 48.5 Å². The van der Waals surface area contributed by atoms with Gasteiger partial charge >= 0.3 is 12.1 Å². The van der Waals surface area contributed by atoms with Gasteiger partial charge in [0.1, 0.15) is 12.6 Å². The molecule has 1 aliphatic carbocycles. The number of carbonyl (C=O) groups excluding carboxylic acids is 2. The molecule has 2 aromatic rings. The molecule has 0 unspecified atom stereocenters. The minimum atomic E-state index is -1.85. The van der Waals surface area contributed by atoms with Crippen molar-refractivity contribution in [1.82, 2.24) is 10.2 Å². The lowest BCUT2D eigenvalue weighted by Crippen LogP contribution is -2.58. The van der Waals surface area contributed by atoms with Crippen molar-refractivity contribution >= 4 is 18.0 Å². The molecule has 35 heavy (non-hydrogen) atoms. The number of carboxylic acids is 1. The zero-order valence-corrected chi connectivity index (χ0v) is 19.8. The first-order valence-electron chi connectivity index (χ1n) is 11.6. The number of piperidine rings is 1. The SMILES string of the molecule is CO[C@H](C)[C@H](NC(=O)OCC1c2ccccc2-c2ccccc21)C(=O)N1CCC(O)(C(=O)O)CC1. The number of nitrogens with one attached hydrogen (secondary N) is 1. The van der Waals surface area contributed by atoms with Crippen molar-refractivity contribution in [1.29, 1.82) is 0 Å². The van der Waals surface area contributed by atoms with Crippen LogP contribution < -0.4 is 5.32 Å². The van der Waals surface area contributed by atoms with E-state index in [1.165, 1.54) is 12.0 Å². The molecule has 1 aliphatic heterocycles. The van der Waals surface area contributed by atoms with E-state index in [0.717, 1.165) is 22.3 Å². The molecule has 0 radical (unpaired) electrons. The van der Waals surface area contributed by atoms with Crippen molar-refractivity contribution in [3.63, 3.8) is 0 Å². The van der Waals surface area contributed by atoms with Crippen molar-refractivity contribution in [2.45, 2.75) is 43.4 Å². The maximum Gasteiger partial charge on any atom is 0.407 e. The highest BCUT2D eigenvalue weighted by molar-refractivity contribution is 5.87. The van der Waals surface area contributed by atoms with Gasteiger partial charge in [-0.25, -0.2) is 9.59 Å². The van der Waals surface area contributed by atoms with E-state index in [1.54, 1.807) is 6.92 Å². The summed E-state index contributed by atoms with van der Waals surface area (Å²) in [5.74, 6) is -1.83. The number of methoxy groups -OCH3 is 1. The third-order valence-corrected chi connectivity index (χ3v) is 7.02. The number of benzene rings is 2. The minimum Gasteiger partial charge on any atom is -0.479 e. The number of hydrogen-bond acceptors (Lipinski definition) is 6. The summed E-state index contributed by atoms with van der Waals surface area (Å²) in [6.45, 7) is 1.88. The van der Waals surface area contributed by atoms with Crippen LogP contribution in [0.3, 0.4) is 0 Å². The maximum atomic E-state index is 13.1. The quantitative estimate of drug-likeness (QED) is 0.553. The number of carboxylic acid groups (broad SMARTS) is 1. The number of carbonyl (C=O) groups is 3. The standard InChI is InChI=1S/C26H30N2O7/c1-16(34-2)22(23(29)28-13-11-26(33,12-14-28)24(30)31)27-25(32)35-15-21-19-9-5-3-7-17(19)18-8-4-6-10-20(18)21/h3-10,16,21-22,33H,11-15H2,1-2H3,(H,27,32)(H,30,31)/t16-,22+/m1/s1. The molecule has 3 N–H and O–H groups in total. The monoisotopic (exact) mass is 482 g/mol. The molecule has 0 bridgehead atoms. The van der Waals surface area contributed by atoms with Crippen LogP contribution >= 0.6 is 0 Å². The van der Waals surface area contributed by atoms with Crippen LogP contribution in [-0.4, -0.2) is 77.6 Å². The summed E-state index contributed by atoms with van der Waals surface area (Å²) in [4.78, 5) is 38.6. The van der Waals surface area contributed by atoms with Gasteiger partial charge in [-0.15, -0.1) is 0 Å². The van der Waals surface area contributed by atoms with E-state index < -0.39 is 35.7 Å². The maximum absolute atomic E-state index is 13.1. The van der Waals surface area contributed by atoms with Crippen molar-refractivity contribution in [2.75, 3.05) is 26.8 Å². The Morgan fingerprint density at radius 1 is 1.06 bits per heavy atom. The Hall–Kier alpha value is -3.43. The first-order valence-corrected chi connectivity index (χ1v) is 11.6. The Balaban J connectivity index is 1.41. The average Bonchev–Trinajstić information content (AvgIpc) is 3.19. The molecule has 1 heterocycles. The molecule has 186 valence electrons. The summed E-state index contributed by atoms with van der Waals surface area (Å²) >= 11 is 0. The molecule has 2 amide bonds. The number of alkyl carbamates (subject to hydrolysis) is 1. The highest BCUT2D eigenvalue weighted by atomic mass is 16.5. The van der Waals surface area contributed by atoms with E-state index in [0.29, 0.717) is 0 Å². The van der Waals surface area contributed by atoms with Crippen molar-refractivity contribution in [3.8, 4) is 11.1 Å². The average molecular weight is 483 g/mol. The van der Waals surface area contributed by atoms with E-state index in [4.69, 9.17) is 9.47 Å². The topological polar surface area (TPSA) is 125 Å². The molecule has 1 saturated heterocycles. The van der Waals surface area contributed by atoms with Gasteiger partial charge in [-0.2, -0.15) is 0 Å². The number of likely N-dealkylation sites (tertiary alicyclic amines) is 1. The normalized spacial score (nSPS) is 18.2. The summed E-state index contributed by atoms with van der Waals surface area (Å²) in [6, 6.07) is 15.0. The fourth-order valence-electron chi connectivity index (χ4n) is 4.79. The Morgan fingerprint density at radius 3 is 2.11 bits per heavy atom. The van der Waals surface area contributed by atoms with E-state index in [2.05, 4.69) is 5.32 Å². The van der Waals surface area contributed by atoms with Crippen LogP contribution in [0.2, 0.25) is 0 Å². The van der Waals surface area contributed by atoms with Crippen LogP contribution in [0.4, 0.5) is 4.79 Å². The summed E-state index contributed by atoms with van der Waals surface area (Å²) < 4.78 is 10.9. The molecular weight excluding hydrogens is 452 g/mol. The van der Waals surface area contributed by atoms with E-state index in [9.17, 15) is 24.6 Å². The lowest BCUT2D eigenvalue weighted by Gasteiger charge is -2.37. The number of hydrogen-bond donors (Lipinski definition) is 3. The number of fused-ring (bicyclic) bond motifs is 3. The molecule has 0 aromatic heterocycles. The molecule has 0 saturated carbocycles. The summed E-state index contributed by atoms with van der Waals surface area (Å²) in [7, 11) is 1.43. The smallest absolute Gasteiger partial charge is 0.407 e. The molecule has 2 aromatic carbocycles. The van der Waals surface area contributed by atoms with Crippen LogP contribution in [0.1, 0.15) is 36.8 Å². The predicted octanol–water partition coefficient (Wildman–Crippen LogP) is 2.37. The number of amides is 2. The Kier molecular flexibility index (Phi) is 7.09. The molecule has 1 fully saturated rings. The van der Waals surface area contributed by atoms with Gasteiger partial charge in [0.05, 0.1) is 6.10 Å². The van der Waals surface area contributed by atoms with Crippen molar-refractivity contribution < 1.29 is 34.1 Å². The molecular formula is C26H30N2O7. The Morgan fingerprint density at radius 2 is 1.60 bits per heavy atom. The zero-order chi connectivity index (χ0) is 25.2. The fourth-order valence-corrected chi connectivity index (χ4v) is 4.79. The number of aliphatic carboxylic acids is 1. The summed E-state index contributed by atoms with van der Waals surface area (Å²) in [6.07, 6.45) is -1.57. The van der Waals surface area contributed by atoms with Gasteiger partial charge in [0, 0.05) is 39.0 Å². The van der Waals surface area contributed by atoms with Crippen LogP contribution in [-0.2, 0) is 19.1 Å². The van der Waals surface area contributed by atoms with Crippen LogP contribution in [0, 0.1) is 0 Å². The van der Waals surface area contributed by atoms with Crippen LogP contribution in [0.5, 0.6) is 0 Å². The lowest BCUT2D eigenvalue weighted by atomic mass is 9.91. The van der Waals surface area contributed by atoms with Crippen LogP contribution in [0.15, 0.2) is 48.5 Å². The van der Waals surface area contributed by atoms with E-state index in [-0.39, 0.29) is 38.5 Å². The Bertz CT molecular complexity index is 1060. The molecule has 2 aliphatic rings. The van der Waals surface area contributed by atoms with Crippen molar-refractivity contribution in [3.05, 3.63) is 59.7 Å². The minimum absolute atomic E-state index is 0.0565. The van der Waals surface area contributed by atoms with Gasteiger partial charge in [0.15, 0.2) is 5.60 Å². The molecule has 9 nitrogen and oxygen atoms in total. The van der Waals surface area contributed by atoms with E-state index >= 15 is 0 Å². The fraction of sp³-hybridized carbons (Fsp3) is 0.423. The largest absolute Gasteiger partial charge is 0.479 e. The lowest BCUT2D eigenvalue weighted by molar-refractivity contribution is -0.166. The van der Waals surface area contributed by atoms with Gasteiger partial charge in [0.2, 0.25) is 5.91 Å². The highest BCUT2D eigenvalue weighted by Gasteiger charge is 2.42. The molecule has 9 heteroatoms. The number of nitrogens with zero attached hydrogens (tertiary/aromatic N) is 1. The number of rotatable bonds is 7. The third kappa shape index (κ3) is 4.87. The first kappa shape index (κ1) is 24.7. The summed E-state index contributed by atoms with van der Waals surface area (Å²) in [5, 5.41) is 22.0.